The van der Waals surface area contributed by atoms with Crippen LogP contribution in [0.4, 0.5) is 0 Å². The molecule has 0 atom stereocenters. The Hall–Kier alpha value is -2.04. The monoisotopic (exact) mass is 329 g/mol. The van der Waals surface area contributed by atoms with E-state index in [-0.39, 0.29) is 0 Å². The van der Waals surface area contributed by atoms with E-state index in [1.54, 1.807) is 6.26 Å². The molecular formula is C18H20ClN3O. The normalized spacial score (nSPS) is 16.7. The Morgan fingerprint density at radius 3 is 2.57 bits per heavy atom. The van der Waals surface area contributed by atoms with Gasteiger partial charge in [-0.1, -0.05) is 23.7 Å². The molecule has 1 aliphatic rings. The van der Waals surface area contributed by atoms with E-state index in [4.69, 9.17) is 16.0 Å². The zero-order valence-corrected chi connectivity index (χ0v) is 13.7. The van der Waals surface area contributed by atoms with Gasteiger partial charge in [-0.3, -0.25) is 9.91 Å². The Kier molecular flexibility index (Phi) is 5.51. The van der Waals surface area contributed by atoms with E-state index in [1.807, 2.05) is 42.6 Å². The maximum Gasteiger partial charge on any atom is 0.126 e. The summed E-state index contributed by atoms with van der Waals surface area (Å²) in [4.78, 5) is 2.44. The molecule has 2 heterocycles. The molecule has 0 N–H and O–H groups in total. The van der Waals surface area contributed by atoms with Crippen molar-refractivity contribution < 1.29 is 4.42 Å². The van der Waals surface area contributed by atoms with Crippen molar-refractivity contribution in [2.75, 3.05) is 26.2 Å². The van der Waals surface area contributed by atoms with Gasteiger partial charge in [0, 0.05) is 44.0 Å². The highest BCUT2D eigenvalue weighted by Gasteiger charge is 2.15. The topological polar surface area (TPSA) is 32.0 Å². The van der Waals surface area contributed by atoms with E-state index in [0.29, 0.717) is 0 Å². The summed E-state index contributed by atoms with van der Waals surface area (Å²) in [7, 11) is 0. The molecule has 1 aromatic heterocycles. The number of piperazine rings is 1. The molecule has 0 radical (unpaired) electrons. The SMILES string of the molecule is Clc1ccc(CN2CCN(N=CC=Cc3ccco3)CC2)cc1. The van der Waals surface area contributed by atoms with E-state index in [1.165, 1.54) is 5.56 Å². The molecule has 0 unspecified atom stereocenters. The lowest BCUT2D eigenvalue weighted by Crippen LogP contribution is -2.43. The molecule has 0 bridgehead atoms. The van der Waals surface area contributed by atoms with Gasteiger partial charge in [-0.25, -0.2) is 0 Å². The Labute approximate surface area is 141 Å². The van der Waals surface area contributed by atoms with Gasteiger partial charge in [0.2, 0.25) is 0 Å². The largest absolute Gasteiger partial charge is 0.465 e. The van der Waals surface area contributed by atoms with Crippen LogP contribution in [-0.2, 0) is 6.54 Å². The minimum atomic E-state index is 0.788. The number of nitrogens with zero attached hydrogens (tertiary/aromatic N) is 3. The zero-order valence-electron chi connectivity index (χ0n) is 12.9. The first-order chi connectivity index (χ1) is 11.3. The molecule has 2 aromatic rings. The van der Waals surface area contributed by atoms with Crippen molar-refractivity contribution >= 4 is 23.9 Å². The molecule has 120 valence electrons. The van der Waals surface area contributed by atoms with Gasteiger partial charge in [-0.05, 0) is 42.0 Å². The first-order valence-corrected chi connectivity index (χ1v) is 8.13. The summed E-state index contributed by atoms with van der Waals surface area (Å²) in [6, 6.07) is 11.9. The van der Waals surface area contributed by atoms with E-state index in [2.05, 4.69) is 27.1 Å². The van der Waals surface area contributed by atoms with Gasteiger partial charge in [0.05, 0.1) is 6.26 Å². The predicted molar refractivity (Wildman–Crippen MR) is 94.5 cm³/mol. The van der Waals surface area contributed by atoms with Crippen LogP contribution in [0.1, 0.15) is 11.3 Å². The molecule has 0 spiro atoms. The van der Waals surface area contributed by atoms with Crippen molar-refractivity contribution in [1.82, 2.24) is 9.91 Å². The maximum atomic E-state index is 5.92. The third kappa shape index (κ3) is 4.98. The Morgan fingerprint density at radius 2 is 1.87 bits per heavy atom. The Morgan fingerprint density at radius 1 is 1.09 bits per heavy atom. The molecule has 1 aliphatic heterocycles. The second-order valence-electron chi connectivity index (χ2n) is 5.50. The number of hydrogen-bond donors (Lipinski definition) is 0. The van der Waals surface area contributed by atoms with Gasteiger partial charge in [-0.15, -0.1) is 0 Å². The van der Waals surface area contributed by atoms with E-state index < -0.39 is 0 Å². The third-order valence-electron chi connectivity index (χ3n) is 3.79. The molecular weight excluding hydrogens is 310 g/mol. The quantitative estimate of drug-likeness (QED) is 0.783. The first kappa shape index (κ1) is 15.8. The molecule has 23 heavy (non-hydrogen) atoms. The highest BCUT2D eigenvalue weighted by atomic mass is 35.5. The summed E-state index contributed by atoms with van der Waals surface area (Å²) in [6.07, 6.45) is 7.29. The second kappa shape index (κ2) is 7.99. The van der Waals surface area contributed by atoms with Gasteiger partial charge in [-0.2, -0.15) is 5.10 Å². The highest BCUT2D eigenvalue weighted by Crippen LogP contribution is 2.13. The van der Waals surface area contributed by atoms with Crippen molar-refractivity contribution in [2.45, 2.75) is 6.54 Å². The standard InChI is InChI=1S/C18H20ClN3O/c19-17-7-5-16(6-8-17)15-21-10-12-22(13-11-21)20-9-1-3-18-4-2-14-23-18/h1-9,14H,10-13,15H2. The Bertz CT molecular complexity index is 641. The van der Waals surface area contributed by atoms with Crippen LogP contribution in [0.5, 0.6) is 0 Å². The molecule has 3 rings (SSSR count). The van der Waals surface area contributed by atoms with Crippen molar-refractivity contribution in [3.63, 3.8) is 0 Å². The first-order valence-electron chi connectivity index (χ1n) is 7.75. The van der Waals surface area contributed by atoms with Crippen LogP contribution in [-0.4, -0.2) is 42.3 Å². The van der Waals surface area contributed by atoms with Crippen molar-refractivity contribution in [1.29, 1.82) is 0 Å². The fourth-order valence-electron chi connectivity index (χ4n) is 2.52. The fourth-order valence-corrected chi connectivity index (χ4v) is 2.64. The molecule has 4 nitrogen and oxygen atoms in total. The van der Waals surface area contributed by atoms with Crippen LogP contribution in [0, 0.1) is 0 Å². The van der Waals surface area contributed by atoms with Gasteiger partial charge in [0.1, 0.15) is 5.76 Å². The summed E-state index contributed by atoms with van der Waals surface area (Å²) in [5.74, 6) is 0.837. The van der Waals surface area contributed by atoms with Gasteiger partial charge >= 0.3 is 0 Å². The zero-order chi connectivity index (χ0) is 15.9. The second-order valence-corrected chi connectivity index (χ2v) is 5.93. The lowest BCUT2D eigenvalue weighted by Gasteiger charge is -2.32. The Balaban J connectivity index is 1.42. The summed E-state index contributed by atoms with van der Waals surface area (Å²) in [6.45, 7) is 4.88. The van der Waals surface area contributed by atoms with E-state index >= 15 is 0 Å². The predicted octanol–water partition coefficient (Wildman–Crippen LogP) is 3.75. The smallest absolute Gasteiger partial charge is 0.126 e. The van der Waals surface area contributed by atoms with Crippen molar-refractivity contribution in [3.8, 4) is 0 Å². The number of hydrazone groups is 1. The number of rotatable bonds is 5. The van der Waals surface area contributed by atoms with Gasteiger partial charge in [0.15, 0.2) is 0 Å². The number of allylic oxidation sites excluding steroid dienone is 1. The average Bonchev–Trinajstić information content (AvgIpc) is 3.09. The van der Waals surface area contributed by atoms with Crippen molar-refractivity contribution in [2.24, 2.45) is 5.10 Å². The summed E-state index contributed by atoms with van der Waals surface area (Å²) in [5, 5.41) is 7.36. The lowest BCUT2D eigenvalue weighted by molar-refractivity contribution is 0.131. The number of furan rings is 1. The number of benzene rings is 1. The third-order valence-corrected chi connectivity index (χ3v) is 4.04. The summed E-state index contributed by atoms with van der Waals surface area (Å²) in [5.41, 5.74) is 1.30. The minimum Gasteiger partial charge on any atom is -0.465 e. The molecule has 0 aliphatic carbocycles. The van der Waals surface area contributed by atoms with Crippen LogP contribution < -0.4 is 0 Å². The van der Waals surface area contributed by atoms with Crippen LogP contribution >= 0.6 is 11.6 Å². The van der Waals surface area contributed by atoms with Crippen molar-refractivity contribution in [3.05, 3.63) is 65.1 Å². The van der Waals surface area contributed by atoms with E-state index in [9.17, 15) is 0 Å². The summed E-state index contributed by atoms with van der Waals surface area (Å²) >= 11 is 5.92. The lowest BCUT2D eigenvalue weighted by atomic mass is 10.2. The molecule has 0 saturated carbocycles. The number of hydrogen-bond acceptors (Lipinski definition) is 4. The molecule has 5 heteroatoms. The highest BCUT2D eigenvalue weighted by molar-refractivity contribution is 6.30. The summed E-state index contributed by atoms with van der Waals surface area (Å²) < 4.78 is 5.23. The van der Waals surface area contributed by atoms with Crippen LogP contribution in [0.3, 0.4) is 0 Å². The minimum absolute atomic E-state index is 0.788. The number of halogens is 1. The molecule has 0 amide bonds. The van der Waals surface area contributed by atoms with Gasteiger partial charge < -0.3 is 4.42 Å². The van der Waals surface area contributed by atoms with Crippen LogP contribution in [0.2, 0.25) is 5.02 Å². The average molecular weight is 330 g/mol. The fraction of sp³-hybridized carbons (Fsp3) is 0.278. The molecule has 1 aromatic carbocycles. The van der Waals surface area contributed by atoms with E-state index in [0.717, 1.165) is 43.5 Å². The molecule has 1 fully saturated rings. The maximum absolute atomic E-state index is 5.92. The van der Waals surface area contributed by atoms with Crippen LogP contribution in [0.15, 0.2) is 58.3 Å². The molecule has 1 saturated heterocycles. The van der Waals surface area contributed by atoms with Gasteiger partial charge in [0.25, 0.3) is 0 Å². The van der Waals surface area contributed by atoms with Crippen LogP contribution in [0.25, 0.3) is 6.08 Å².